The van der Waals surface area contributed by atoms with Gasteiger partial charge in [-0.15, -0.1) is 0 Å². The van der Waals surface area contributed by atoms with Crippen LogP contribution in [0.15, 0.2) is 60.7 Å². The molecule has 0 aliphatic rings. The van der Waals surface area contributed by atoms with Gasteiger partial charge in [0, 0.05) is 78.7 Å². The Morgan fingerprint density at radius 1 is 0.500 bits per heavy atom. The van der Waals surface area contributed by atoms with Crippen LogP contribution in [-0.4, -0.2) is 0 Å². The molecule has 0 fully saturated rings. The van der Waals surface area contributed by atoms with Crippen molar-refractivity contribution in [2.24, 2.45) is 0 Å². The fourth-order valence-corrected chi connectivity index (χ4v) is 4.08. The second kappa shape index (κ2) is 8.16. The Labute approximate surface area is 184 Å². The van der Waals surface area contributed by atoms with Crippen molar-refractivity contribution in [3.05, 3.63) is 60.7 Å². The van der Waals surface area contributed by atoms with Crippen molar-refractivity contribution in [2.75, 3.05) is 0 Å². The molecule has 0 N–H and O–H groups in total. The number of hydrogen-bond donors (Lipinski definition) is 4. The zero-order chi connectivity index (χ0) is 19.7. The smallest absolute Gasteiger partial charge is 0.152 e. The second-order valence-electron chi connectivity index (χ2n) is 5.95. The Bertz CT molecular complexity index is 1180. The third kappa shape index (κ3) is 3.10. The van der Waals surface area contributed by atoms with Crippen LogP contribution in [-0.2, 0) is 0 Å². The third-order valence-electron chi connectivity index (χ3n) is 4.60. The van der Waals surface area contributed by atoms with Crippen LogP contribution in [0.4, 0.5) is 0 Å². The molecule has 0 amide bonds. The highest BCUT2D eigenvalue weighted by Crippen LogP contribution is 2.48. The Hall–Kier alpha value is -2.00. The molecule has 4 aromatic rings. The molecule has 0 aromatic heterocycles. The highest BCUT2D eigenvalue weighted by molar-refractivity contribution is 7.76. The SMILES string of the molecule is SOc1cc(-c2ccc(OS)c3cccc(OS)c23)c(OS)c2ccccc12. The van der Waals surface area contributed by atoms with Gasteiger partial charge in [0.1, 0.15) is 17.2 Å². The quantitative estimate of drug-likeness (QED) is 0.207. The van der Waals surface area contributed by atoms with E-state index in [1.54, 1.807) is 0 Å². The molecular formula is C20H14O4S4. The molecule has 0 radical (unpaired) electrons. The first-order valence-electron chi connectivity index (χ1n) is 8.11. The number of thiol groups is 4. The predicted octanol–water partition coefficient (Wildman–Crippen LogP) is 6.55. The average Bonchev–Trinajstić information content (AvgIpc) is 2.76. The van der Waals surface area contributed by atoms with E-state index in [0.717, 1.165) is 32.7 Å². The summed E-state index contributed by atoms with van der Waals surface area (Å²) in [7, 11) is 0. The van der Waals surface area contributed by atoms with E-state index in [1.165, 1.54) is 0 Å². The van der Waals surface area contributed by atoms with Gasteiger partial charge in [-0.1, -0.05) is 36.4 Å². The lowest BCUT2D eigenvalue weighted by Crippen LogP contribution is -1.92. The van der Waals surface area contributed by atoms with E-state index >= 15 is 0 Å². The van der Waals surface area contributed by atoms with E-state index < -0.39 is 0 Å². The number of rotatable bonds is 5. The zero-order valence-corrected chi connectivity index (χ0v) is 17.8. The lowest BCUT2D eigenvalue weighted by atomic mass is 9.93. The fourth-order valence-electron chi connectivity index (χ4n) is 3.42. The maximum atomic E-state index is 5.50. The highest BCUT2D eigenvalue weighted by Gasteiger charge is 2.20. The van der Waals surface area contributed by atoms with E-state index in [-0.39, 0.29) is 0 Å². The first-order chi connectivity index (χ1) is 13.7. The minimum absolute atomic E-state index is 0.565. The van der Waals surface area contributed by atoms with Crippen molar-refractivity contribution in [1.29, 1.82) is 0 Å². The molecule has 8 heteroatoms. The second-order valence-corrected chi connectivity index (χ2v) is 6.68. The maximum Gasteiger partial charge on any atom is 0.152 e. The largest absolute Gasteiger partial charge is 0.428 e. The van der Waals surface area contributed by atoms with E-state index in [1.807, 2.05) is 60.7 Å². The molecule has 28 heavy (non-hydrogen) atoms. The van der Waals surface area contributed by atoms with Crippen LogP contribution in [0.2, 0.25) is 0 Å². The van der Waals surface area contributed by atoms with Crippen LogP contribution in [0.1, 0.15) is 0 Å². The molecule has 0 heterocycles. The molecule has 0 aliphatic carbocycles. The maximum absolute atomic E-state index is 5.50. The number of benzene rings is 4. The lowest BCUT2D eigenvalue weighted by molar-refractivity contribution is 0.653. The van der Waals surface area contributed by atoms with Crippen molar-refractivity contribution in [2.45, 2.75) is 0 Å². The first kappa shape index (κ1) is 19.3. The van der Waals surface area contributed by atoms with Gasteiger partial charge in [0.05, 0.1) is 0 Å². The van der Waals surface area contributed by atoms with E-state index in [2.05, 4.69) is 51.6 Å². The van der Waals surface area contributed by atoms with Gasteiger partial charge in [-0.25, -0.2) is 0 Å². The molecule has 4 aromatic carbocycles. The highest BCUT2D eigenvalue weighted by atomic mass is 32.1. The van der Waals surface area contributed by atoms with Crippen molar-refractivity contribution in [3.63, 3.8) is 0 Å². The third-order valence-corrected chi connectivity index (χ3v) is 5.37. The van der Waals surface area contributed by atoms with E-state index in [4.69, 9.17) is 16.7 Å². The minimum Gasteiger partial charge on any atom is -0.428 e. The molecule has 0 bridgehead atoms. The normalized spacial score (nSPS) is 10.9. The van der Waals surface area contributed by atoms with Crippen molar-refractivity contribution < 1.29 is 16.7 Å². The average molecular weight is 447 g/mol. The molecule has 0 unspecified atom stereocenters. The molecule has 0 atom stereocenters. The summed E-state index contributed by atoms with van der Waals surface area (Å²) in [6.07, 6.45) is 0. The van der Waals surface area contributed by atoms with Crippen molar-refractivity contribution in [3.8, 4) is 34.1 Å². The van der Waals surface area contributed by atoms with Crippen LogP contribution >= 0.6 is 51.6 Å². The lowest BCUT2D eigenvalue weighted by Gasteiger charge is -2.17. The Morgan fingerprint density at radius 2 is 1.18 bits per heavy atom. The molecule has 142 valence electrons. The van der Waals surface area contributed by atoms with Crippen LogP contribution in [0.5, 0.6) is 23.0 Å². The molecule has 0 saturated heterocycles. The zero-order valence-electron chi connectivity index (χ0n) is 14.2. The van der Waals surface area contributed by atoms with Gasteiger partial charge in [-0.2, -0.15) is 0 Å². The Kier molecular flexibility index (Phi) is 5.63. The summed E-state index contributed by atoms with van der Waals surface area (Å²) in [6, 6.07) is 18.9. The molecule has 0 aliphatic heterocycles. The topological polar surface area (TPSA) is 36.9 Å². The van der Waals surface area contributed by atoms with E-state index in [0.29, 0.717) is 23.0 Å². The van der Waals surface area contributed by atoms with Gasteiger partial charge in [0.25, 0.3) is 0 Å². The van der Waals surface area contributed by atoms with Gasteiger partial charge in [-0.3, -0.25) is 0 Å². The fraction of sp³-hybridized carbons (Fsp3) is 0. The van der Waals surface area contributed by atoms with Crippen molar-refractivity contribution in [1.82, 2.24) is 0 Å². The van der Waals surface area contributed by atoms with Gasteiger partial charge < -0.3 is 16.7 Å². The Morgan fingerprint density at radius 3 is 1.86 bits per heavy atom. The van der Waals surface area contributed by atoms with Crippen LogP contribution in [0.3, 0.4) is 0 Å². The molecule has 0 spiro atoms. The van der Waals surface area contributed by atoms with E-state index in [9.17, 15) is 0 Å². The van der Waals surface area contributed by atoms with Gasteiger partial charge in [-0.05, 0) is 29.8 Å². The Balaban J connectivity index is 2.16. The summed E-state index contributed by atoms with van der Waals surface area (Å²) in [6.45, 7) is 0. The number of fused-ring (bicyclic) bond motifs is 2. The van der Waals surface area contributed by atoms with Gasteiger partial charge in [0.15, 0.2) is 5.75 Å². The number of hydrogen-bond acceptors (Lipinski definition) is 8. The van der Waals surface area contributed by atoms with Crippen molar-refractivity contribution >= 4 is 73.2 Å². The van der Waals surface area contributed by atoms with Gasteiger partial charge >= 0.3 is 0 Å². The summed E-state index contributed by atoms with van der Waals surface area (Å²) in [5.41, 5.74) is 1.58. The molecule has 4 rings (SSSR count). The molecule has 4 nitrogen and oxygen atoms in total. The van der Waals surface area contributed by atoms with Crippen LogP contribution in [0, 0.1) is 0 Å². The van der Waals surface area contributed by atoms with Crippen LogP contribution in [0.25, 0.3) is 32.7 Å². The van der Waals surface area contributed by atoms with Gasteiger partial charge in [0.2, 0.25) is 0 Å². The molecule has 0 saturated carbocycles. The summed E-state index contributed by atoms with van der Waals surface area (Å²) in [5.74, 6) is 2.33. The minimum atomic E-state index is 0.565. The summed E-state index contributed by atoms with van der Waals surface area (Å²) >= 11 is 16.1. The standard InChI is InChI=1S/C20H14O4S4/c25-21-16-9-8-12(19-14(16)6-3-7-17(19)22-26)15-10-18(23-27)11-4-1-2-5-13(11)20(15)24-28/h1-10,25-28H. The van der Waals surface area contributed by atoms with Crippen LogP contribution < -0.4 is 16.7 Å². The summed E-state index contributed by atoms with van der Waals surface area (Å²) in [5, 5.41) is 3.29. The first-order valence-corrected chi connectivity index (χ1v) is 9.57. The predicted molar refractivity (Wildman–Crippen MR) is 125 cm³/mol. The monoisotopic (exact) mass is 446 g/mol. The summed E-state index contributed by atoms with van der Waals surface area (Å²) in [4.78, 5) is 0. The summed E-state index contributed by atoms with van der Waals surface area (Å²) < 4.78 is 21.4. The molecular weight excluding hydrogens is 432 g/mol.